The lowest BCUT2D eigenvalue weighted by molar-refractivity contribution is 0.101. The van der Waals surface area contributed by atoms with Gasteiger partial charge in [-0.05, 0) is 37.0 Å². The Morgan fingerprint density at radius 2 is 2.23 bits per heavy atom. The van der Waals surface area contributed by atoms with Crippen LogP contribution in [0.2, 0.25) is 6.32 Å². The van der Waals surface area contributed by atoms with Crippen LogP contribution in [0.25, 0.3) is 0 Å². The van der Waals surface area contributed by atoms with Crippen LogP contribution >= 0.6 is 0 Å². The number of ether oxygens (including phenoxy) is 1. The molecule has 0 atom stereocenters. The minimum Gasteiger partial charge on any atom is -0.496 e. The van der Waals surface area contributed by atoms with Gasteiger partial charge in [-0.15, -0.1) is 0 Å². The minimum atomic E-state index is 0.172. The second kappa shape index (κ2) is 4.12. The monoisotopic (exact) mass is 176 g/mol. The van der Waals surface area contributed by atoms with Crippen molar-refractivity contribution in [3.63, 3.8) is 0 Å². The van der Waals surface area contributed by atoms with Gasteiger partial charge in [0, 0.05) is 5.56 Å². The molecule has 1 aromatic carbocycles. The van der Waals surface area contributed by atoms with Crippen molar-refractivity contribution in [2.45, 2.75) is 13.2 Å². The molecule has 0 fully saturated rings. The minimum absolute atomic E-state index is 0.172. The van der Waals surface area contributed by atoms with Crippen LogP contribution in [0, 0.1) is 6.92 Å². The summed E-state index contributed by atoms with van der Waals surface area (Å²) in [5.74, 6) is 0.999. The first-order valence-electron chi connectivity index (χ1n) is 4.37. The van der Waals surface area contributed by atoms with Crippen molar-refractivity contribution >= 4 is 13.6 Å². The summed E-state index contributed by atoms with van der Waals surface area (Å²) in [4.78, 5) is 11.3. The van der Waals surface area contributed by atoms with Crippen molar-refractivity contribution in [3.05, 3.63) is 29.3 Å². The number of methoxy groups -OCH3 is 1. The molecule has 1 rings (SSSR count). The summed E-state index contributed by atoms with van der Waals surface area (Å²) in [6.45, 7) is 1.94. The topological polar surface area (TPSA) is 26.3 Å². The van der Waals surface area contributed by atoms with E-state index >= 15 is 0 Å². The highest BCUT2D eigenvalue weighted by molar-refractivity contribution is 6.24. The van der Waals surface area contributed by atoms with Gasteiger partial charge in [0.05, 0.1) is 7.11 Å². The van der Waals surface area contributed by atoms with Gasteiger partial charge < -0.3 is 4.74 Å². The molecule has 1 aromatic rings. The second-order valence-corrected chi connectivity index (χ2v) is 2.96. The summed E-state index contributed by atoms with van der Waals surface area (Å²) in [6, 6.07) is 5.50. The number of aryl methyl sites for hydroxylation is 1. The molecule has 0 saturated carbocycles. The molecule has 2 nitrogen and oxygen atoms in total. The van der Waals surface area contributed by atoms with E-state index in [1.807, 2.05) is 26.9 Å². The van der Waals surface area contributed by atoms with Crippen molar-refractivity contribution in [1.82, 2.24) is 0 Å². The fourth-order valence-corrected chi connectivity index (χ4v) is 1.26. The standard InChI is InChI=1S/C10H13BO2/c1-7-5-8(9(12)6-11)3-4-10(7)13-2/h3-5H,6,11H2,1-2H3. The van der Waals surface area contributed by atoms with E-state index in [4.69, 9.17) is 4.74 Å². The third-order valence-electron chi connectivity index (χ3n) is 2.04. The summed E-state index contributed by atoms with van der Waals surface area (Å²) in [5.41, 5.74) is 1.77. The molecule has 0 spiro atoms. The van der Waals surface area contributed by atoms with Crippen LogP contribution in [-0.4, -0.2) is 20.7 Å². The zero-order valence-electron chi connectivity index (χ0n) is 8.26. The number of hydrogen-bond donors (Lipinski definition) is 0. The number of ketones is 1. The smallest absolute Gasteiger partial charge is 0.155 e. The molecule has 0 aliphatic heterocycles. The van der Waals surface area contributed by atoms with Gasteiger partial charge in [-0.25, -0.2) is 0 Å². The second-order valence-electron chi connectivity index (χ2n) is 2.96. The van der Waals surface area contributed by atoms with E-state index in [0.717, 1.165) is 16.9 Å². The highest BCUT2D eigenvalue weighted by Gasteiger charge is 2.05. The SMILES string of the molecule is BCC(=O)c1ccc(OC)c(C)c1. The van der Waals surface area contributed by atoms with Crippen LogP contribution < -0.4 is 4.74 Å². The van der Waals surface area contributed by atoms with Crippen LogP contribution in [0.3, 0.4) is 0 Å². The van der Waals surface area contributed by atoms with Crippen LogP contribution in [0.4, 0.5) is 0 Å². The van der Waals surface area contributed by atoms with Crippen molar-refractivity contribution in [2.75, 3.05) is 7.11 Å². The molecule has 68 valence electrons. The average molecular weight is 176 g/mol. The Labute approximate surface area is 79.3 Å². The maximum absolute atomic E-state index is 11.3. The Morgan fingerprint density at radius 1 is 1.54 bits per heavy atom. The summed E-state index contributed by atoms with van der Waals surface area (Å²) < 4.78 is 5.10. The van der Waals surface area contributed by atoms with Gasteiger partial charge in [-0.1, -0.05) is 0 Å². The molecule has 0 heterocycles. The van der Waals surface area contributed by atoms with E-state index in [1.54, 1.807) is 13.2 Å². The van der Waals surface area contributed by atoms with E-state index < -0.39 is 0 Å². The summed E-state index contributed by atoms with van der Waals surface area (Å²) in [7, 11) is 3.49. The normalized spacial score (nSPS) is 9.69. The highest BCUT2D eigenvalue weighted by atomic mass is 16.5. The lowest BCUT2D eigenvalue weighted by atomic mass is 9.95. The largest absolute Gasteiger partial charge is 0.496 e. The fourth-order valence-electron chi connectivity index (χ4n) is 1.26. The van der Waals surface area contributed by atoms with Crippen LogP contribution in [0.1, 0.15) is 15.9 Å². The number of benzene rings is 1. The van der Waals surface area contributed by atoms with Crippen molar-refractivity contribution in [3.8, 4) is 5.75 Å². The molecule has 0 aliphatic carbocycles. The molecular weight excluding hydrogens is 163 g/mol. The number of carbonyl (C=O) groups excluding carboxylic acids is 1. The van der Waals surface area contributed by atoms with E-state index in [1.165, 1.54) is 0 Å². The lowest BCUT2D eigenvalue weighted by Crippen LogP contribution is -1.98. The van der Waals surface area contributed by atoms with Gasteiger partial charge in [-0.2, -0.15) is 0 Å². The van der Waals surface area contributed by atoms with Crippen LogP contribution in [0.5, 0.6) is 5.75 Å². The summed E-state index contributed by atoms with van der Waals surface area (Å²) in [6.07, 6.45) is 0.547. The van der Waals surface area contributed by atoms with Gasteiger partial charge in [0.25, 0.3) is 0 Å². The number of hydrogen-bond acceptors (Lipinski definition) is 2. The molecule has 0 radical (unpaired) electrons. The van der Waals surface area contributed by atoms with Gasteiger partial charge in [-0.3, -0.25) is 4.79 Å². The molecule has 0 amide bonds. The van der Waals surface area contributed by atoms with Crippen molar-refractivity contribution in [2.24, 2.45) is 0 Å². The first-order valence-corrected chi connectivity index (χ1v) is 4.37. The number of carbonyl (C=O) groups is 1. The molecule has 3 heteroatoms. The Hall–Kier alpha value is -1.25. The lowest BCUT2D eigenvalue weighted by Gasteiger charge is -2.05. The van der Waals surface area contributed by atoms with Crippen molar-refractivity contribution < 1.29 is 9.53 Å². The Balaban J connectivity index is 3.02. The average Bonchev–Trinajstić information content (AvgIpc) is 2.16. The third kappa shape index (κ3) is 2.11. The number of Topliss-reactive ketones (excluding diaryl/α,β-unsaturated/α-hetero) is 1. The molecule has 0 bridgehead atoms. The third-order valence-corrected chi connectivity index (χ3v) is 2.04. The zero-order valence-corrected chi connectivity index (χ0v) is 8.26. The van der Waals surface area contributed by atoms with Gasteiger partial charge in [0.2, 0.25) is 0 Å². The van der Waals surface area contributed by atoms with E-state index in [2.05, 4.69) is 0 Å². The first kappa shape index (κ1) is 9.84. The predicted molar refractivity (Wildman–Crippen MR) is 55.4 cm³/mol. The van der Waals surface area contributed by atoms with Crippen LogP contribution in [0.15, 0.2) is 18.2 Å². The molecular formula is C10H13BO2. The predicted octanol–water partition coefficient (Wildman–Crippen LogP) is 1.24. The fraction of sp³-hybridized carbons (Fsp3) is 0.300. The van der Waals surface area contributed by atoms with E-state index in [-0.39, 0.29) is 5.78 Å². The first-order chi connectivity index (χ1) is 6.19. The summed E-state index contributed by atoms with van der Waals surface area (Å²) in [5, 5.41) is 0. The van der Waals surface area contributed by atoms with Crippen LogP contribution in [-0.2, 0) is 0 Å². The molecule has 13 heavy (non-hydrogen) atoms. The molecule has 0 aromatic heterocycles. The Morgan fingerprint density at radius 3 is 2.69 bits per heavy atom. The molecule has 0 N–H and O–H groups in total. The van der Waals surface area contributed by atoms with E-state index in [0.29, 0.717) is 6.32 Å². The molecule has 0 unspecified atom stereocenters. The van der Waals surface area contributed by atoms with Gasteiger partial charge in [0.1, 0.15) is 13.6 Å². The van der Waals surface area contributed by atoms with Gasteiger partial charge in [0.15, 0.2) is 5.78 Å². The van der Waals surface area contributed by atoms with Gasteiger partial charge >= 0.3 is 0 Å². The Bertz CT molecular complexity index is 321. The number of rotatable bonds is 3. The highest BCUT2D eigenvalue weighted by Crippen LogP contribution is 2.18. The zero-order chi connectivity index (χ0) is 9.84. The summed E-state index contributed by atoms with van der Waals surface area (Å²) >= 11 is 0. The quantitative estimate of drug-likeness (QED) is 0.511. The molecule has 0 saturated heterocycles. The molecule has 0 aliphatic rings. The van der Waals surface area contributed by atoms with Crippen molar-refractivity contribution in [1.29, 1.82) is 0 Å². The Kier molecular flexibility index (Phi) is 3.12. The maximum Gasteiger partial charge on any atom is 0.155 e. The maximum atomic E-state index is 11.3. The van der Waals surface area contributed by atoms with E-state index in [9.17, 15) is 4.79 Å².